The molecule has 2 aromatic rings. The van der Waals surface area contributed by atoms with Gasteiger partial charge in [-0.05, 0) is 60.7 Å². The van der Waals surface area contributed by atoms with Crippen LogP contribution in [0.15, 0.2) is 36.4 Å². The van der Waals surface area contributed by atoms with Crippen LogP contribution < -0.4 is 10.1 Å². The second kappa shape index (κ2) is 5.08. The smallest absolute Gasteiger partial charge is 0.119 e. The summed E-state index contributed by atoms with van der Waals surface area (Å²) >= 11 is 0. The Morgan fingerprint density at radius 1 is 1.25 bits per heavy atom. The number of phenols is 1. The molecule has 1 unspecified atom stereocenters. The highest BCUT2D eigenvalue weighted by Gasteiger charge is 2.24. The Bertz CT molecular complexity index is 637. The van der Waals surface area contributed by atoms with Gasteiger partial charge < -0.3 is 15.2 Å². The van der Waals surface area contributed by atoms with Crippen molar-refractivity contribution < 1.29 is 9.84 Å². The van der Waals surface area contributed by atoms with E-state index in [9.17, 15) is 5.11 Å². The fraction of sp³-hybridized carbons (Fsp3) is 0.294. The lowest BCUT2D eigenvalue weighted by Crippen LogP contribution is -2.08. The summed E-state index contributed by atoms with van der Waals surface area (Å²) < 4.78 is 5.23. The van der Waals surface area contributed by atoms with Crippen molar-refractivity contribution in [1.29, 1.82) is 0 Å². The van der Waals surface area contributed by atoms with Crippen molar-refractivity contribution in [1.82, 2.24) is 0 Å². The van der Waals surface area contributed by atoms with Crippen LogP contribution in [0.4, 0.5) is 5.69 Å². The minimum absolute atomic E-state index is 0.268. The van der Waals surface area contributed by atoms with Crippen LogP contribution in [0.2, 0.25) is 0 Å². The van der Waals surface area contributed by atoms with Gasteiger partial charge in [-0.3, -0.25) is 0 Å². The fourth-order valence-electron chi connectivity index (χ4n) is 2.90. The van der Waals surface area contributed by atoms with Gasteiger partial charge in [0, 0.05) is 5.69 Å². The number of aromatic hydroxyl groups is 1. The molecule has 2 N–H and O–H groups in total. The topological polar surface area (TPSA) is 41.5 Å². The van der Waals surface area contributed by atoms with Crippen LogP contribution in [0.1, 0.15) is 29.2 Å². The van der Waals surface area contributed by atoms with Crippen LogP contribution in [0.25, 0.3) is 0 Å². The van der Waals surface area contributed by atoms with E-state index in [-0.39, 0.29) is 6.04 Å². The van der Waals surface area contributed by atoms with Crippen molar-refractivity contribution in [3.8, 4) is 11.5 Å². The molecular weight excluding hydrogens is 250 g/mol. The lowest BCUT2D eigenvalue weighted by Gasteiger charge is -2.18. The van der Waals surface area contributed by atoms with Gasteiger partial charge in [0.25, 0.3) is 0 Å². The third kappa shape index (κ3) is 2.20. The summed E-state index contributed by atoms with van der Waals surface area (Å²) in [5.74, 6) is 1.29. The van der Waals surface area contributed by atoms with Crippen molar-refractivity contribution in [2.75, 3.05) is 12.4 Å². The molecule has 0 aliphatic heterocycles. The van der Waals surface area contributed by atoms with Gasteiger partial charge in [0.15, 0.2) is 0 Å². The van der Waals surface area contributed by atoms with Gasteiger partial charge in [-0.2, -0.15) is 0 Å². The maximum atomic E-state index is 9.89. The van der Waals surface area contributed by atoms with Crippen LogP contribution in [-0.4, -0.2) is 12.2 Å². The number of rotatable bonds is 3. The third-order valence-electron chi connectivity index (χ3n) is 4.01. The molecule has 104 valence electrons. The molecule has 0 spiro atoms. The Balaban J connectivity index is 1.86. The van der Waals surface area contributed by atoms with Crippen LogP contribution in [0, 0.1) is 6.92 Å². The number of nitrogens with one attached hydrogen (secondary N) is 1. The van der Waals surface area contributed by atoms with Crippen molar-refractivity contribution in [2.24, 2.45) is 0 Å². The molecule has 3 heteroatoms. The number of hydrogen-bond donors (Lipinski definition) is 2. The minimum Gasteiger partial charge on any atom is -0.508 e. The zero-order valence-corrected chi connectivity index (χ0v) is 11.8. The summed E-state index contributed by atoms with van der Waals surface area (Å²) in [6.07, 6.45) is 1.94. The number of ether oxygens (including phenoxy) is 1. The average Bonchev–Trinajstić information content (AvgIpc) is 2.86. The molecule has 0 amide bonds. The monoisotopic (exact) mass is 269 g/mol. The second-order valence-corrected chi connectivity index (χ2v) is 5.26. The molecule has 0 heterocycles. The van der Waals surface area contributed by atoms with E-state index < -0.39 is 0 Å². The van der Waals surface area contributed by atoms with E-state index in [0.29, 0.717) is 5.75 Å². The van der Waals surface area contributed by atoms with Crippen molar-refractivity contribution in [3.05, 3.63) is 53.1 Å². The molecule has 0 fully saturated rings. The number of fused-ring (bicyclic) bond motifs is 1. The predicted molar refractivity (Wildman–Crippen MR) is 80.5 cm³/mol. The first-order chi connectivity index (χ1) is 9.69. The maximum Gasteiger partial charge on any atom is 0.119 e. The Labute approximate surface area is 119 Å². The lowest BCUT2D eigenvalue weighted by atomic mass is 10.1. The molecular formula is C17H19NO2. The van der Waals surface area contributed by atoms with Crippen LogP contribution in [0.3, 0.4) is 0 Å². The molecule has 1 aliphatic carbocycles. The number of anilines is 1. The van der Waals surface area contributed by atoms with Gasteiger partial charge >= 0.3 is 0 Å². The second-order valence-electron chi connectivity index (χ2n) is 5.26. The van der Waals surface area contributed by atoms with Gasteiger partial charge in [-0.15, -0.1) is 0 Å². The molecule has 1 atom stereocenters. The Kier molecular flexibility index (Phi) is 3.26. The molecule has 3 nitrogen and oxygen atoms in total. The maximum absolute atomic E-state index is 9.89. The first-order valence-corrected chi connectivity index (χ1v) is 6.91. The predicted octanol–water partition coefficient (Wildman–Crippen LogP) is 3.81. The van der Waals surface area contributed by atoms with E-state index >= 15 is 0 Å². The zero-order valence-electron chi connectivity index (χ0n) is 11.8. The van der Waals surface area contributed by atoms with Crippen molar-refractivity contribution in [2.45, 2.75) is 25.8 Å². The Hall–Kier alpha value is -2.16. The molecule has 0 saturated carbocycles. The molecule has 0 bridgehead atoms. The molecule has 20 heavy (non-hydrogen) atoms. The van der Waals surface area contributed by atoms with Gasteiger partial charge in [0.05, 0.1) is 13.2 Å². The summed E-state index contributed by atoms with van der Waals surface area (Å²) in [7, 11) is 1.68. The molecule has 2 aromatic carbocycles. The highest BCUT2D eigenvalue weighted by Crippen LogP contribution is 2.38. The van der Waals surface area contributed by atoms with Crippen molar-refractivity contribution in [3.63, 3.8) is 0 Å². The van der Waals surface area contributed by atoms with Crippen LogP contribution in [-0.2, 0) is 6.42 Å². The Morgan fingerprint density at radius 2 is 2.10 bits per heavy atom. The third-order valence-corrected chi connectivity index (χ3v) is 4.01. The number of phenolic OH excluding ortho intramolecular Hbond substituents is 1. The highest BCUT2D eigenvalue weighted by atomic mass is 16.5. The van der Waals surface area contributed by atoms with E-state index in [1.54, 1.807) is 13.2 Å². The molecule has 1 aliphatic rings. The fourth-order valence-corrected chi connectivity index (χ4v) is 2.90. The first-order valence-electron chi connectivity index (χ1n) is 6.91. The van der Waals surface area contributed by atoms with Gasteiger partial charge in [-0.25, -0.2) is 0 Å². The van der Waals surface area contributed by atoms with Gasteiger partial charge in [0.1, 0.15) is 11.5 Å². The summed E-state index contributed by atoms with van der Waals surface area (Å²) in [5, 5.41) is 13.5. The van der Waals surface area contributed by atoms with E-state index in [4.69, 9.17) is 4.74 Å². The average molecular weight is 269 g/mol. The highest BCUT2D eigenvalue weighted by molar-refractivity contribution is 5.57. The van der Waals surface area contributed by atoms with Gasteiger partial charge in [0.2, 0.25) is 0 Å². The molecule has 3 rings (SSSR count). The normalized spacial score (nSPS) is 16.8. The minimum atomic E-state index is 0.268. The Morgan fingerprint density at radius 3 is 2.85 bits per heavy atom. The largest absolute Gasteiger partial charge is 0.508 e. The number of aryl methyl sites for hydroxylation is 1. The van der Waals surface area contributed by atoms with E-state index in [0.717, 1.165) is 35.4 Å². The van der Waals surface area contributed by atoms with E-state index in [2.05, 4.69) is 24.4 Å². The van der Waals surface area contributed by atoms with Crippen molar-refractivity contribution >= 4 is 5.69 Å². The van der Waals surface area contributed by atoms with Gasteiger partial charge in [-0.1, -0.05) is 12.1 Å². The van der Waals surface area contributed by atoms with Crippen LogP contribution in [0.5, 0.6) is 11.5 Å². The SMILES string of the molecule is COc1ccc(NC2CCc3c(O)cccc32)c(C)c1. The lowest BCUT2D eigenvalue weighted by molar-refractivity contribution is 0.414. The number of benzene rings is 2. The molecule has 0 radical (unpaired) electrons. The summed E-state index contributed by atoms with van der Waals surface area (Å²) in [6.45, 7) is 2.07. The van der Waals surface area contributed by atoms with Crippen LogP contribution >= 0.6 is 0 Å². The molecule has 0 aromatic heterocycles. The summed E-state index contributed by atoms with van der Waals surface area (Å²) in [5.41, 5.74) is 4.57. The van der Waals surface area contributed by atoms with E-state index in [1.165, 1.54) is 5.56 Å². The summed E-state index contributed by atoms with van der Waals surface area (Å²) in [4.78, 5) is 0. The number of methoxy groups -OCH3 is 1. The quantitative estimate of drug-likeness (QED) is 0.890. The van der Waals surface area contributed by atoms with E-state index in [1.807, 2.05) is 18.2 Å². The first kappa shape index (κ1) is 12.9. The molecule has 0 saturated heterocycles. The standard InChI is InChI=1S/C17H19NO2/c1-11-10-12(20-2)6-8-15(11)18-16-9-7-14-13(16)4-3-5-17(14)19/h3-6,8,10,16,18-19H,7,9H2,1-2H3. The number of hydrogen-bond acceptors (Lipinski definition) is 3. The summed E-state index contributed by atoms with van der Waals surface area (Å²) in [6, 6.07) is 12.1. The zero-order chi connectivity index (χ0) is 14.1.